The lowest BCUT2D eigenvalue weighted by Gasteiger charge is -2.03. The van der Waals surface area contributed by atoms with E-state index in [1.807, 2.05) is 0 Å². The maximum absolute atomic E-state index is 12.6. The quantitative estimate of drug-likeness (QED) is 0.488. The molecule has 1 N–H and O–H groups in total. The fourth-order valence-corrected chi connectivity index (χ4v) is 0.757. The number of nitriles is 1. The van der Waals surface area contributed by atoms with Crippen LogP contribution in [0.2, 0.25) is 0 Å². The summed E-state index contributed by atoms with van der Waals surface area (Å²) in [6, 6.07) is 1.61. The highest BCUT2D eigenvalue weighted by Gasteiger charge is 2.32. The minimum absolute atomic E-state index is 0.198. The van der Waals surface area contributed by atoms with Gasteiger partial charge in [0, 0.05) is 13.0 Å². The summed E-state index contributed by atoms with van der Waals surface area (Å²) >= 11 is 0. The number of alkyl halides is 1. The van der Waals surface area contributed by atoms with Crippen molar-refractivity contribution in [3.63, 3.8) is 0 Å². The third-order valence-electron chi connectivity index (χ3n) is 1.30. The zero-order valence-corrected chi connectivity index (χ0v) is 4.45. The maximum atomic E-state index is 12.6. The molecule has 0 aromatic heterocycles. The molecule has 0 aromatic rings. The molecule has 1 saturated heterocycles. The predicted molar refractivity (Wildman–Crippen MR) is 26.9 cm³/mol. The molecule has 0 radical (unpaired) electrons. The molecular formula is C5H7FN2. The van der Waals surface area contributed by atoms with Crippen LogP contribution in [0.25, 0.3) is 0 Å². The lowest BCUT2D eigenvalue weighted by molar-refractivity contribution is 0.268. The van der Waals surface area contributed by atoms with Gasteiger partial charge in [0.15, 0.2) is 0 Å². The monoisotopic (exact) mass is 114 g/mol. The van der Waals surface area contributed by atoms with E-state index in [4.69, 9.17) is 5.26 Å². The molecule has 3 heteroatoms. The van der Waals surface area contributed by atoms with Crippen molar-refractivity contribution < 1.29 is 4.39 Å². The zero-order valence-electron chi connectivity index (χ0n) is 4.45. The van der Waals surface area contributed by atoms with Crippen molar-refractivity contribution >= 4 is 0 Å². The first kappa shape index (κ1) is 5.52. The second-order valence-electron chi connectivity index (χ2n) is 2.00. The summed E-state index contributed by atoms with van der Waals surface area (Å²) in [7, 11) is 0. The highest BCUT2D eigenvalue weighted by molar-refractivity contribution is 5.05. The van der Waals surface area contributed by atoms with Gasteiger partial charge in [-0.2, -0.15) is 5.26 Å². The van der Waals surface area contributed by atoms with Crippen LogP contribution < -0.4 is 5.32 Å². The Morgan fingerprint density at radius 3 is 2.75 bits per heavy atom. The van der Waals surface area contributed by atoms with Crippen LogP contribution in [0.5, 0.6) is 0 Å². The first-order valence-electron chi connectivity index (χ1n) is 2.58. The Labute approximate surface area is 47.3 Å². The first-order chi connectivity index (χ1) is 3.77. The summed E-state index contributed by atoms with van der Waals surface area (Å²) in [5.74, 6) is 0. The molecule has 44 valence electrons. The second kappa shape index (κ2) is 1.71. The Balaban J connectivity index is 2.56. The van der Waals surface area contributed by atoms with Gasteiger partial charge in [-0.05, 0) is 6.54 Å². The molecule has 2 nitrogen and oxygen atoms in total. The summed E-state index contributed by atoms with van der Waals surface area (Å²) in [4.78, 5) is 0. The molecular weight excluding hydrogens is 107 g/mol. The molecule has 1 rings (SSSR count). The Hall–Kier alpha value is -0.620. The summed E-state index contributed by atoms with van der Waals surface area (Å²) in [5, 5.41) is 10.9. The van der Waals surface area contributed by atoms with Gasteiger partial charge in [-0.25, -0.2) is 4.39 Å². The number of nitrogens with zero attached hydrogens (tertiary/aromatic N) is 1. The zero-order chi connectivity index (χ0) is 6.04. The summed E-state index contributed by atoms with van der Waals surface area (Å²) in [5.41, 5.74) is -1.57. The Bertz CT molecular complexity index is 121. The van der Waals surface area contributed by atoms with Crippen LogP contribution in [-0.4, -0.2) is 18.8 Å². The molecule has 1 atom stereocenters. The standard InChI is InChI=1S/C5H7FN2/c6-5(3-7)1-2-8-4-5/h8H,1-2,4H2. The van der Waals surface area contributed by atoms with Crippen LogP contribution >= 0.6 is 0 Å². The smallest absolute Gasteiger partial charge is 0.209 e. The molecule has 0 spiro atoms. The van der Waals surface area contributed by atoms with Crippen LogP contribution in [0.1, 0.15) is 6.42 Å². The fourth-order valence-electron chi connectivity index (χ4n) is 0.757. The van der Waals surface area contributed by atoms with E-state index in [9.17, 15) is 4.39 Å². The predicted octanol–water partition coefficient (Wildman–Crippen LogP) is 0.212. The van der Waals surface area contributed by atoms with E-state index in [1.54, 1.807) is 6.07 Å². The van der Waals surface area contributed by atoms with E-state index < -0.39 is 5.67 Å². The molecule has 1 unspecified atom stereocenters. The van der Waals surface area contributed by atoms with Crippen LogP contribution in [0.15, 0.2) is 0 Å². The van der Waals surface area contributed by atoms with Gasteiger partial charge in [-0.3, -0.25) is 0 Å². The van der Waals surface area contributed by atoms with Gasteiger partial charge in [0.1, 0.15) is 6.07 Å². The molecule has 0 bridgehead atoms. The van der Waals surface area contributed by atoms with Crippen LogP contribution in [0, 0.1) is 11.3 Å². The Kier molecular flexibility index (Phi) is 1.18. The van der Waals surface area contributed by atoms with Crippen molar-refractivity contribution in [3.05, 3.63) is 0 Å². The lowest BCUT2D eigenvalue weighted by Crippen LogP contribution is -2.22. The van der Waals surface area contributed by atoms with Gasteiger partial charge in [0.25, 0.3) is 0 Å². The van der Waals surface area contributed by atoms with E-state index in [1.165, 1.54) is 0 Å². The number of nitrogens with one attached hydrogen (secondary N) is 1. The average molecular weight is 114 g/mol. The van der Waals surface area contributed by atoms with Crippen LogP contribution in [-0.2, 0) is 0 Å². The van der Waals surface area contributed by atoms with E-state index in [0.717, 1.165) is 0 Å². The molecule has 0 amide bonds. The third-order valence-corrected chi connectivity index (χ3v) is 1.30. The minimum atomic E-state index is -1.57. The minimum Gasteiger partial charge on any atom is -0.312 e. The van der Waals surface area contributed by atoms with E-state index in [0.29, 0.717) is 13.0 Å². The molecule has 8 heavy (non-hydrogen) atoms. The molecule has 0 aliphatic carbocycles. The number of rotatable bonds is 0. The highest BCUT2D eigenvalue weighted by Crippen LogP contribution is 2.17. The molecule has 1 aliphatic rings. The van der Waals surface area contributed by atoms with Crippen LogP contribution in [0.3, 0.4) is 0 Å². The van der Waals surface area contributed by atoms with Gasteiger partial charge < -0.3 is 5.32 Å². The first-order valence-corrected chi connectivity index (χ1v) is 2.58. The molecule has 1 fully saturated rings. The molecule has 0 aromatic carbocycles. The highest BCUT2D eigenvalue weighted by atomic mass is 19.1. The Morgan fingerprint density at radius 1 is 1.75 bits per heavy atom. The summed E-state index contributed by atoms with van der Waals surface area (Å²) in [6.45, 7) is 0.827. The molecule has 1 heterocycles. The number of halogens is 1. The molecule has 1 aliphatic heterocycles. The normalized spacial score (nSPS) is 37.0. The SMILES string of the molecule is N#CC1(F)CCNC1. The van der Waals surface area contributed by atoms with E-state index >= 15 is 0 Å². The Morgan fingerprint density at radius 2 is 2.50 bits per heavy atom. The van der Waals surface area contributed by atoms with Gasteiger partial charge >= 0.3 is 0 Å². The van der Waals surface area contributed by atoms with Crippen molar-refractivity contribution in [3.8, 4) is 6.07 Å². The lowest BCUT2D eigenvalue weighted by atomic mass is 10.1. The largest absolute Gasteiger partial charge is 0.312 e. The van der Waals surface area contributed by atoms with Crippen molar-refractivity contribution in [1.82, 2.24) is 5.32 Å². The van der Waals surface area contributed by atoms with Gasteiger partial charge in [0.05, 0.1) is 0 Å². The van der Waals surface area contributed by atoms with Crippen molar-refractivity contribution in [2.45, 2.75) is 12.1 Å². The van der Waals surface area contributed by atoms with Crippen LogP contribution in [0.4, 0.5) is 4.39 Å². The third kappa shape index (κ3) is 0.797. The van der Waals surface area contributed by atoms with E-state index in [-0.39, 0.29) is 6.54 Å². The van der Waals surface area contributed by atoms with Gasteiger partial charge in [-0.15, -0.1) is 0 Å². The number of hydrogen-bond donors (Lipinski definition) is 1. The average Bonchev–Trinajstić information content (AvgIpc) is 2.17. The maximum Gasteiger partial charge on any atom is 0.209 e. The van der Waals surface area contributed by atoms with E-state index in [2.05, 4.69) is 5.32 Å². The van der Waals surface area contributed by atoms with Crippen molar-refractivity contribution in [2.75, 3.05) is 13.1 Å². The summed E-state index contributed by atoms with van der Waals surface area (Å²) in [6.07, 6.45) is 0.337. The fraction of sp³-hybridized carbons (Fsp3) is 0.800. The van der Waals surface area contributed by atoms with Crippen molar-refractivity contribution in [1.29, 1.82) is 5.26 Å². The van der Waals surface area contributed by atoms with Gasteiger partial charge in [-0.1, -0.05) is 0 Å². The molecule has 0 saturated carbocycles. The van der Waals surface area contributed by atoms with Gasteiger partial charge in [0.2, 0.25) is 5.67 Å². The second-order valence-corrected chi connectivity index (χ2v) is 2.00. The topological polar surface area (TPSA) is 35.8 Å². The van der Waals surface area contributed by atoms with Crippen molar-refractivity contribution in [2.24, 2.45) is 0 Å². The number of hydrogen-bond acceptors (Lipinski definition) is 2. The summed E-state index contributed by atoms with van der Waals surface area (Å²) < 4.78 is 12.6.